The molecule has 0 unspecified atom stereocenters. The van der Waals surface area contributed by atoms with E-state index in [2.05, 4.69) is 12.0 Å². The molecule has 1 aliphatic rings. The largest absolute Gasteiger partial charge is 0.494 e. The molecule has 2 aromatic rings. The smallest absolute Gasteiger partial charge is 0.338 e. The number of aromatic nitrogens is 2. The summed E-state index contributed by atoms with van der Waals surface area (Å²) in [6.45, 7) is 4.11. The number of amides is 1. The number of benzene rings is 1. The highest BCUT2D eigenvalue weighted by molar-refractivity contribution is 5.94. The molecule has 2 heterocycles. The third kappa shape index (κ3) is 4.91. The number of likely N-dealkylation sites (tertiary alicyclic amines) is 1. The maximum Gasteiger partial charge on any atom is 0.338 e. The van der Waals surface area contributed by atoms with Gasteiger partial charge in [0.2, 0.25) is 0 Å². The van der Waals surface area contributed by atoms with E-state index in [1.165, 1.54) is 6.20 Å². The second-order valence-corrected chi connectivity index (χ2v) is 7.12. The van der Waals surface area contributed by atoms with Crippen LogP contribution in [-0.4, -0.2) is 51.4 Å². The Balaban J connectivity index is 1.51. The molecule has 1 aromatic carbocycles. The molecule has 150 valence electrons. The molecule has 28 heavy (non-hydrogen) atoms. The Kier molecular flexibility index (Phi) is 6.68. The average Bonchev–Trinajstić information content (AvgIpc) is 3.22. The number of aromatic carboxylic acids is 1. The van der Waals surface area contributed by atoms with Crippen molar-refractivity contribution in [3.63, 3.8) is 0 Å². The Morgan fingerprint density at radius 1 is 1.14 bits per heavy atom. The van der Waals surface area contributed by atoms with Crippen molar-refractivity contribution in [1.82, 2.24) is 14.7 Å². The van der Waals surface area contributed by atoms with E-state index in [9.17, 15) is 9.59 Å². The van der Waals surface area contributed by atoms with E-state index in [1.807, 2.05) is 29.2 Å². The van der Waals surface area contributed by atoms with Gasteiger partial charge < -0.3 is 14.7 Å². The van der Waals surface area contributed by atoms with Crippen LogP contribution in [0.25, 0.3) is 0 Å². The monoisotopic (exact) mass is 385 g/mol. The summed E-state index contributed by atoms with van der Waals surface area (Å²) in [4.78, 5) is 25.6. The normalized spacial score (nSPS) is 14.8. The van der Waals surface area contributed by atoms with Gasteiger partial charge in [-0.15, -0.1) is 0 Å². The van der Waals surface area contributed by atoms with Gasteiger partial charge in [-0.05, 0) is 43.5 Å². The summed E-state index contributed by atoms with van der Waals surface area (Å²) < 4.78 is 7.40. The predicted molar refractivity (Wildman–Crippen MR) is 105 cm³/mol. The second kappa shape index (κ2) is 9.39. The summed E-state index contributed by atoms with van der Waals surface area (Å²) in [5.41, 5.74) is 0.849. The van der Waals surface area contributed by atoms with Crippen LogP contribution < -0.4 is 4.74 Å². The number of rotatable bonds is 8. The van der Waals surface area contributed by atoms with Gasteiger partial charge in [0.15, 0.2) is 0 Å². The van der Waals surface area contributed by atoms with E-state index in [0.29, 0.717) is 25.3 Å². The quantitative estimate of drug-likeness (QED) is 0.702. The molecule has 1 N–H and O–H groups in total. The number of carboxylic acid groups (broad SMARTS) is 1. The summed E-state index contributed by atoms with van der Waals surface area (Å²) >= 11 is 0. The second-order valence-electron chi connectivity index (χ2n) is 7.12. The van der Waals surface area contributed by atoms with Crippen LogP contribution in [0.15, 0.2) is 36.7 Å². The number of carbonyl (C=O) groups is 2. The molecule has 1 amide bonds. The van der Waals surface area contributed by atoms with Crippen molar-refractivity contribution in [1.29, 1.82) is 0 Å². The number of nitrogens with zero attached hydrogens (tertiary/aromatic N) is 3. The molecule has 1 aromatic heterocycles. The van der Waals surface area contributed by atoms with Crippen molar-refractivity contribution in [2.24, 2.45) is 0 Å². The van der Waals surface area contributed by atoms with Gasteiger partial charge in [0.25, 0.3) is 5.91 Å². The Hall–Kier alpha value is -2.83. The van der Waals surface area contributed by atoms with Crippen molar-refractivity contribution < 1.29 is 19.4 Å². The van der Waals surface area contributed by atoms with Crippen molar-refractivity contribution >= 4 is 11.9 Å². The highest BCUT2D eigenvalue weighted by atomic mass is 16.5. The number of piperidine rings is 1. The van der Waals surface area contributed by atoms with Gasteiger partial charge >= 0.3 is 5.97 Å². The topological polar surface area (TPSA) is 84.7 Å². The molecule has 0 aliphatic carbocycles. The van der Waals surface area contributed by atoms with Gasteiger partial charge in [-0.25, -0.2) is 4.79 Å². The SMILES string of the molecule is CCCCCOc1ccc(C(=O)N2CCC(n3cc(C(=O)O)cn3)CC2)cc1. The Morgan fingerprint density at radius 2 is 1.86 bits per heavy atom. The maximum atomic E-state index is 12.7. The van der Waals surface area contributed by atoms with Crippen LogP contribution in [0.1, 0.15) is 65.8 Å². The first-order chi connectivity index (χ1) is 13.6. The Bertz CT molecular complexity index is 792. The molecule has 0 radical (unpaired) electrons. The van der Waals surface area contributed by atoms with Gasteiger partial charge in [0, 0.05) is 24.8 Å². The van der Waals surface area contributed by atoms with Crippen LogP contribution >= 0.6 is 0 Å². The molecule has 0 bridgehead atoms. The minimum atomic E-state index is -0.975. The van der Waals surface area contributed by atoms with E-state index in [1.54, 1.807) is 10.9 Å². The zero-order valence-electron chi connectivity index (χ0n) is 16.2. The predicted octanol–water partition coefficient (Wildman–Crippen LogP) is 3.63. The molecule has 0 spiro atoms. The van der Waals surface area contributed by atoms with E-state index in [-0.39, 0.29) is 17.5 Å². The number of carboxylic acids is 1. The fraction of sp³-hybridized carbons (Fsp3) is 0.476. The van der Waals surface area contributed by atoms with Gasteiger partial charge in [0.1, 0.15) is 5.75 Å². The van der Waals surface area contributed by atoms with Crippen LogP contribution in [0.4, 0.5) is 0 Å². The first-order valence-electron chi connectivity index (χ1n) is 9.88. The standard InChI is InChI=1S/C21H27N3O4/c1-2-3-4-13-28-19-7-5-16(6-8-19)20(25)23-11-9-18(10-12-23)24-15-17(14-22-24)21(26)27/h5-8,14-15,18H,2-4,9-13H2,1H3,(H,26,27). The number of hydrogen-bond acceptors (Lipinski definition) is 4. The zero-order valence-corrected chi connectivity index (χ0v) is 16.2. The molecule has 3 rings (SSSR count). The van der Waals surface area contributed by atoms with E-state index in [4.69, 9.17) is 9.84 Å². The molecule has 1 fully saturated rings. The summed E-state index contributed by atoms with van der Waals surface area (Å²) in [7, 11) is 0. The lowest BCUT2D eigenvalue weighted by molar-refractivity contribution is 0.0688. The summed E-state index contributed by atoms with van der Waals surface area (Å²) in [5, 5.41) is 13.2. The molecular formula is C21H27N3O4. The molecule has 0 atom stereocenters. The van der Waals surface area contributed by atoms with E-state index in [0.717, 1.165) is 37.9 Å². The third-order valence-electron chi connectivity index (χ3n) is 5.09. The Morgan fingerprint density at radius 3 is 2.46 bits per heavy atom. The van der Waals surface area contributed by atoms with Crippen LogP contribution in [0.2, 0.25) is 0 Å². The van der Waals surface area contributed by atoms with Crippen molar-refractivity contribution in [2.75, 3.05) is 19.7 Å². The lowest BCUT2D eigenvalue weighted by Crippen LogP contribution is -2.39. The van der Waals surface area contributed by atoms with E-state index >= 15 is 0 Å². The van der Waals surface area contributed by atoms with Gasteiger partial charge in [-0.3, -0.25) is 9.48 Å². The summed E-state index contributed by atoms with van der Waals surface area (Å²) in [6.07, 6.45) is 7.79. The molecule has 7 heteroatoms. The number of unbranched alkanes of at least 4 members (excludes halogenated alkanes) is 2. The van der Waals surface area contributed by atoms with E-state index < -0.39 is 5.97 Å². The number of carbonyl (C=O) groups excluding carboxylic acids is 1. The first-order valence-corrected chi connectivity index (χ1v) is 9.88. The van der Waals surface area contributed by atoms with Crippen molar-refractivity contribution in [3.05, 3.63) is 47.8 Å². The molecule has 1 saturated heterocycles. The summed E-state index contributed by atoms with van der Waals surface area (Å²) in [6, 6.07) is 7.45. The van der Waals surface area contributed by atoms with Crippen molar-refractivity contribution in [3.8, 4) is 5.75 Å². The fourth-order valence-electron chi connectivity index (χ4n) is 3.40. The average molecular weight is 385 g/mol. The van der Waals surface area contributed by atoms with Crippen LogP contribution in [-0.2, 0) is 0 Å². The van der Waals surface area contributed by atoms with Gasteiger partial charge in [-0.2, -0.15) is 5.10 Å². The maximum absolute atomic E-state index is 12.7. The highest BCUT2D eigenvalue weighted by Gasteiger charge is 2.25. The minimum Gasteiger partial charge on any atom is -0.494 e. The van der Waals surface area contributed by atoms with Gasteiger partial charge in [-0.1, -0.05) is 19.8 Å². The lowest BCUT2D eigenvalue weighted by atomic mass is 10.0. The summed E-state index contributed by atoms with van der Waals surface area (Å²) in [5.74, 6) is -0.168. The number of hydrogen-bond donors (Lipinski definition) is 1. The Labute approximate surface area is 164 Å². The lowest BCUT2D eigenvalue weighted by Gasteiger charge is -2.32. The first kappa shape index (κ1) is 19.9. The zero-order chi connectivity index (χ0) is 19.9. The molecular weight excluding hydrogens is 358 g/mol. The van der Waals surface area contributed by atoms with Gasteiger partial charge in [0.05, 0.1) is 24.4 Å². The van der Waals surface area contributed by atoms with Crippen molar-refractivity contribution in [2.45, 2.75) is 45.1 Å². The number of ether oxygens (including phenoxy) is 1. The van der Waals surface area contributed by atoms with Crippen LogP contribution in [0.3, 0.4) is 0 Å². The van der Waals surface area contributed by atoms with Crippen LogP contribution in [0, 0.1) is 0 Å². The molecule has 0 saturated carbocycles. The fourth-order valence-corrected chi connectivity index (χ4v) is 3.40. The molecule has 1 aliphatic heterocycles. The van der Waals surface area contributed by atoms with Crippen LogP contribution in [0.5, 0.6) is 5.75 Å². The molecule has 7 nitrogen and oxygen atoms in total. The minimum absolute atomic E-state index is 0.0164. The highest BCUT2D eigenvalue weighted by Crippen LogP contribution is 2.24. The third-order valence-corrected chi connectivity index (χ3v) is 5.09.